The highest BCUT2D eigenvalue weighted by atomic mass is 31.2. The Balaban J connectivity index is 2.32. The Morgan fingerprint density at radius 3 is 3.00 bits per heavy atom. The van der Waals surface area contributed by atoms with Gasteiger partial charge in [0.15, 0.2) is 0 Å². The molecule has 2 heterocycles. The standard InChI is InChI=1S/C6H8NO3P/c8-5-4-6-7(5)2-1-3-11(6,9)10/h1-2,6H,3-4H2,(H,9,10). The molecule has 2 unspecified atom stereocenters. The van der Waals surface area contributed by atoms with Crippen LogP contribution < -0.4 is 0 Å². The second-order valence-electron chi connectivity index (χ2n) is 2.81. The van der Waals surface area contributed by atoms with Crippen molar-refractivity contribution in [1.82, 2.24) is 4.90 Å². The fraction of sp³-hybridized carbons (Fsp3) is 0.500. The van der Waals surface area contributed by atoms with E-state index in [1.165, 1.54) is 4.90 Å². The first-order chi connectivity index (χ1) is 5.11. The second-order valence-corrected chi connectivity index (χ2v) is 5.28. The van der Waals surface area contributed by atoms with Gasteiger partial charge in [-0.1, -0.05) is 6.08 Å². The molecule has 11 heavy (non-hydrogen) atoms. The smallest absolute Gasteiger partial charge is 0.229 e. The lowest BCUT2D eigenvalue weighted by Crippen LogP contribution is -2.50. The molecule has 2 rings (SSSR count). The Morgan fingerprint density at radius 1 is 1.73 bits per heavy atom. The molecule has 1 fully saturated rings. The molecule has 0 spiro atoms. The fourth-order valence-corrected chi connectivity index (χ4v) is 3.04. The van der Waals surface area contributed by atoms with E-state index >= 15 is 0 Å². The van der Waals surface area contributed by atoms with E-state index in [-0.39, 0.29) is 18.5 Å². The van der Waals surface area contributed by atoms with Crippen LogP contribution in [-0.2, 0) is 9.36 Å². The SMILES string of the molecule is O=C1CC2N1C=CCP2(=O)O. The number of carbonyl (C=O) groups is 1. The fourth-order valence-electron chi connectivity index (χ4n) is 1.37. The molecule has 4 nitrogen and oxygen atoms in total. The summed E-state index contributed by atoms with van der Waals surface area (Å²) < 4.78 is 11.3. The molecule has 2 atom stereocenters. The number of hydrogen-bond donors (Lipinski definition) is 1. The maximum absolute atomic E-state index is 11.3. The highest BCUT2D eigenvalue weighted by Gasteiger charge is 2.47. The van der Waals surface area contributed by atoms with Crippen molar-refractivity contribution in [3.05, 3.63) is 12.3 Å². The highest BCUT2D eigenvalue weighted by molar-refractivity contribution is 7.59. The van der Waals surface area contributed by atoms with E-state index < -0.39 is 13.2 Å². The lowest BCUT2D eigenvalue weighted by Gasteiger charge is -2.42. The zero-order chi connectivity index (χ0) is 8.06. The first-order valence-electron chi connectivity index (χ1n) is 3.40. The molecule has 60 valence electrons. The largest absolute Gasteiger partial charge is 0.343 e. The molecule has 0 aromatic rings. The number of fused-ring (bicyclic) bond motifs is 1. The van der Waals surface area contributed by atoms with Crippen molar-refractivity contribution in [1.29, 1.82) is 0 Å². The minimum absolute atomic E-state index is 0.0553. The van der Waals surface area contributed by atoms with Crippen molar-refractivity contribution in [3.8, 4) is 0 Å². The van der Waals surface area contributed by atoms with Gasteiger partial charge in [0.05, 0.1) is 6.42 Å². The van der Waals surface area contributed by atoms with Crippen LogP contribution in [-0.4, -0.2) is 27.6 Å². The predicted molar refractivity (Wildman–Crippen MR) is 39.1 cm³/mol. The normalized spacial score (nSPS) is 41.7. The molecule has 0 bridgehead atoms. The van der Waals surface area contributed by atoms with E-state index in [1.54, 1.807) is 12.3 Å². The molecule has 0 aromatic carbocycles. The predicted octanol–water partition coefficient (Wildman–Crippen LogP) is 0.342. The van der Waals surface area contributed by atoms with Crippen LogP contribution in [0.1, 0.15) is 6.42 Å². The number of carbonyl (C=O) groups excluding carboxylic acids is 1. The molecule has 1 N–H and O–H groups in total. The van der Waals surface area contributed by atoms with Crippen LogP contribution >= 0.6 is 7.37 Å². The summed E-state index contributed by atoms with van der Waals surface area (Å²) in [5.74, 6) is -0.472. The van der Waals surface area contributed by atoms with Gasteiger partial charge >= 0.3 is 0 Å². The average Bonchev–Trinajstić information content (AvgIpc) is 1.91. The van der Waals surface area contributed by atoms with Gasteiger partial charge in [-0.3, -0.25) is 9.36 Å². The summed E-state index contributed by atoms with van der Waals surface area (Å²) in [7, 11) is -3.07. The Bertz CT molecular complexity index is 286. The van der Waals surface area contributed by atoms with Crippen LogP contribution in [0, 0.1) is 0 Å². The van der Waals surface area contributed by atoms with Crippen molar-refractivity contribution < 1.29 is 14.3 Å². The average molecular weight is 173 g/mol. The molecule has 0 aliphatic carbocycles. The number of amides is 1. The van der Waals surface area contributed by atoms with E-state index in [2.05, 4.69) is 0 Å². The second kappa shape index (κ2) is 1.96. The molecule has 2 aliphatic rings. The summed E-state index contributed by atoms with van der Waals surface area (Å²) in [6, 6.07) is 0. The topological polar surface area (TPSA) is 57.6 Å². The minimum Gasteiger partial charge on any atom is -0.343 e. The molecule has 2 aliphatic heterocycles. The monoisotopic (exact) mass is 173 g/mol. The van der Waals surface area contributed by atoms with Gasteiger partial charge < -0.3 is 9.79 Å². The van der Waals surface area contributed by atoms with E-state index in [0.29, 0.717) is 0 Å². The zero-order valence-electron chi connectivity index (χ0n) is 5.80. The van der Waals surface area contributed by atoms with Crippen molar-refractivity contribution in [2.45, 2.75) is 12.2 Å². The van der Waals surface area contributed by atoms with Crippen LogP contribution in [0.5, 0.6) is 0 Å². The number of rotatable bonds is 0. The van der Waals surface area contributed by atoms with Crippen LogP contribution in [0.3, 0.4) is 0 Å². The van der Waals surface area contributed by atoms with Crippen molar-refractivity contribution >= 4 is 13.3 Å². The third-order valence-electron chi connectivity index (χ3n) is 2.07. The van der Waals surface area contributed by atoms with Crippen LogP contribution in [0.25, 0.3) is 0 Å². The third-order valence-corrected chi connectivity index (χ3v) is 4.16. The summed E-state index contributed by atoms with van der Waals surface area (Å²) >= 11 is 0. The molecule has 0 radical (unpaired) electrons. The Kier molecular flexibility index (Phi) is 1.26. The molecular weight excluding hydrogens is 165 g/mol. The van der Waals surface area contributed by atoms with E-state index in [1.807, 2.05) is 0 Å². The lowest BCUT2D eigenvalue weighted by molar-refractivity contribution is -0.138. The first-order valence-corrected chi connectivity index (χ1v) is 5.32. The summed E-state index contributed by atoms with van der Waals surface area (Å²) in [5.41, 5.74) is 0. The van der Waals surface area contributed by atoms with Crippen molar-refractivity contribution in [2.75, 3.05) is 6.16 Å². The van der Waals surface area contributed by atoms with E-state index in [4.69, 9.17) is 0 Å². The van der Waals surface area contributed by atoms with E-state index in [0.717, 1.165) is 0 Å². The van der Waals surface area contributed by atoms with Crippen molar-refractivity contribution in [2.24, 2.45) is 0 Å². The maximum atomic E-state index is 11.3. The molecular formula is C6H8NO3P. The van der Waals surface area contributed by atoms with E-state index in [9.17, 15) is 14.3 Å². The van der Waals surface area contributed by atoms with Gasteiger partial charge in [-0.05, 0) is 0 Å². The summed E-state index contributed by atoms with van der Waals surface area (Å²) in [5, 5.41) is 0. The summed E-state index contributed by atoms with van der Waals surface area (Å²) in [6.07, 6.45) is 3.62. The molecule has 5 heteroatoms. The zero-order valence-corrected chi connectivity index (χ0v) is 6.70. The Labute approximate surface area is 64.0 Å². The van der Waals surface area contributed by atoms with Crippen LogP contribution in [0.2, 0.25) is 0 Å². The van der Waals surface area contributed by atoms with Crippen molar-refractivity contribution in [3.63, 3.8) is 0 Å². The minimum atomic E-state index is -3.07. The summed E-state index contributed by atoms with van der Waals surface area (Å²) in [6.45, 7) is 0. The number of allylic oxidation sites excluding steroid dienone is 1. The van der Waals surface area contributed by atoms with Gasteiger partial charge in [-0.25, -0.2) is 0 Å². The molecule has 0 saturated carbocycles. The van der Waals surface area contributed by atoms with Gasteiger partial charge in [0.2, 0.25) is 13.3 Å². The van der Waals surface area contributed by atoms with Crippen LogP contribution in [0.4, 0.5) is 0 Å². The highest BCUT2D eigenvalue weighted by Crippen LogP contribution is 2.55. The Morgan fingerprint density at radius 2 is 2.45 bits per heavy atom. The summed E-state index contributed by atoms with van der Waals surface area (Å²) in [4.78, 5) is 21.4. The van der Waals surface area contributed by atoms with Gasteiger partial charge in [-0.2, -0.15) is 0 Å². The lowest BCUT2D eigenvalue weighted by atomic mass is 10.2. The quantitative estimate of drug-likeness (QED) is 0.424. The molecule has 1 saturated heterocycles. The number of hydrogen-bond acceptors (Lipinski definition) is 2. The third kappa shape index (κ3) is 0.865. The Hall–Kier alpha value is -0.600. The van der Waals surface area contributed by atoms with Gasteiger partial charge in [0.25, 0.3) is 0 Å². The van der Waals surface area contributed by atoms with Gasteiger partial charge in [-0.15, -0.1) is 0 Å². The molecule has 0 aromatic heterocycles. The van der Waals surface area contributed by atoms with Gasteiger partial charge in [0, 0.05) is 12.4 Å². The number of β-lactam (4-membered cyclic amide) rings is 1. The maximum Gasteiger partial charge on any atom is 0.229 e. The van der Waals surface area contributed by atoms with Gasteiger partial charge in [0.1, 0.15) is 5.78 Å². The number of nitrogens with zero attached hydrogens (tertiary/aromatic N) is 1. The first kappa shape index (κ1) is 7.07. The van der Waals surface area contributed by atoms with Crippen LogP contribution in [0.15, 0.2) is 12.3 Å². The molecule has 1 amide bonds.